The van der Waals surface area contributed by atoms with E-state index in [1.54, 1.807) is 0 Å². The molecule has 0 rings (SSSR count). The van der Waals surface area contributed by atoms with Crippen LogP contribution in [0.15, 0.2) is 0 Å². The molecule has 0 saturated heterocycles. The quantitative estimate of drug-likeness (QED) is 0.463. The van der Waals surface area contributed by atoms with E-state index in [1.165, 1.54) is 70.8 Å². The summed E-state index contributed by atoms with van der Waals surface area (Å²) in [6.45, 7) is 5.51. The molecule has 2 N–H and O–H groups in total. The highest BCUT2D eigenvalue weighted by molar-refractivity contribution is 8.93. The molecule has 0 fully saturated rings. The maximum absolute atomic E-state index is 5.50. The van der Waals surface area contributed by atoms with E-state index >= 15 is 0 Å². The highest BCUT2D eigenvalue weighted by Gasteiger charge is 1.97. The molecule has 19 heavy (non-hydrogen) atoms. The van der Waals surface area contributed by atoms with Crippen molar-refractivity contribution in [2.24, 2.45) is 5.73 Å². The van der Waals surface area contributed by atoms with Gasteiger partial charge in [0.15, 0.2) is 0 Å². The van der Waals surface area contributed by atoms with Crippen LogP contribution in [0.4, 0.5) is 0 Å². The monoisotopic (exact) mass is 336 g/mol. The van der Waals surface area contributed by atoms with Gasteiger partial charge >= 0.3 is 0 Å². The van der Waals surface area contributed by atoms with E-state index < -0.39 is 0 Å². The van der Waals surface area contributed by atoms with Crippen molar-refractivity contribution in [1.82, 2.24) is 4.90 Å². The summed E-state index contributed by atoms with van der Waals surface area (Å²) in [6, 6.07) is 0. The third-order valence-corrected chi connectivity index (χ3v) is 3.64. The second-order valence-electron chi connectivity index (χ2n) is 5.63. The Labute approximate surface area is 132 Å². The molecule has 0 saturated carbocycles. The molecule has 118 valence electrons. The molecule has 0 aromatic carbocycles. The van der Waals surface area contributed by atoms with Crippen LogP contribution in [0.25, 0.3) is 0 Å². The molecule has 0 aliphatic heterocycles. The fourth-order valence-corrected chi connectivity index (χ4v) is 2.34. The maximum Gasteiger partial charge on any atom is -0.000977 e. The van der Waals surface area contributed by atoms with Gasteiger partial charge in [0.05, 0.1) is 0 Å². The molecule has 2 nitrogen and oxygen atoms in total. The predicted molar refractivity (Wildman–Crippen MR) is 93.3 cm³/mol. The highest BCUT2D eigenvalue weighted by Crippen LogP contribution is 2.10. The number of nitrogens with two attached hydrogens (primary N) is 1. The molecule has 0 aliphatic rings. The van der Waals surface area contributed by atoms with Gasteiger partial charge in [0.2, 0.25) is 0 Å². The Bertz CT molecular complexity index is 154. The summed E-state index contributed by atoms with van der Waals surface area (Å²) in [5.74, 6) is 0. The Balaban J connectivity index is 0. The molecule has 0 bridgehead atoms. The van der Waals surface area contributed by atoms with Crippen LogP contribution in [0.1, 0.15) is 77.6 Å². The number of rotatable bonds is 14. The lowest BCUT2D eigenvalue weighted by atomic mass is 10.1. The minimum Gasteiger partial charge on any atom is -0.330 e. The van der Waals surface area contributed by atoms with E-state index in [2.05, 4.69) is 18.9 Å². The van der Waals surface area contributed by atoms with Crippen LogP contribution >= 0.6 is 17.0 Å². The first-order valence-corrected chi connectivity index (χ1v) is 8.20. The molecule has 0 aromatic heterocycles. The van der Waals surface area contributed by atoms with Gasteiger partial charge in [-0.05, 0) is 39.5 Å². The molecule has 0 unspecified atom stereocenters. The van der Waals surface area contributed by atoms with E-state index in [-0.39, 0.29) is 17.0 Å². The van der Waals surface area contributed by atoms with Crippen LogP contribution in [0.5, 0.6) is 0 Å². The fourth-order valence-electron chi connectivity index (χ4n) is 2.34. The van der Waals surface area contributed by atoms with E-state index in [9.17, 15) is 0 Å². The minimum absolute atomic E-state index is 0. The highest BCUT2D eigenvalue weighted by atomic mass is 79.9. The SMILES string of the molecule is Br.CCCCCCCCCCCCN(C)CCCN. The zero-order chi connectivity index (χ0) is 13.5. The van der Waals surface area contributed by atoms with E-state index in [0.29, 0.717) is 0 Å². The van der Waals surface area contributed by atoms with Crippen molar-refractivity contribution >= 4 is 17.0 Å². The molecular weight excluding hydrogens is 300 g/mol. The predicted octanol–water partition coefficient (Wildman–Crippen LogP) is 4.77. The number of halogens is 1. The van der Waals surface area contributed by atoms with Crippen molar-refractivity contribution in [1.29, 1.82) is 0 Å². The average Bonchev–Trinajstić information content (AvgIpc) is 2.38. The molecule has 0 aliphatic carbocycles. The summed E-state index contributed by atoms with van der Waals surface area (Å²) in [7, 11) is 2.21. The zero-order valence-electron chi connectivity index (χ0n) is 13.3. The molecule has 0 atom stereocenters. The first-order chi connectivity index (χ1) is 8.81. The Morgan fingerprint density at radius 3 is 1.58 bits per heavy atom. The largest absolute Gasteiger partial charge is 0.330 e. The van der Waals surface area contributed by atoms with Crippen molar-refractivity contribution in [3.63, 3.8) is 0 Å². The Morgan fingerprint density at radius 1 is 0.684 bits per heavy atom. The summed E-state index contributed by atoms with van der Waals surface area (Å²) in [5.41, 5.74) is 5.50. The molecule has 0 spiro atoms. The lowest BCUT2D eigenvalue weighted by Gasteiger charge is -2.15. The fraction of sp³-hybridized carbons (Fsp3) is 1.00. The average molecular weight is 337 g/mol. The molecule has 0 radical (unpaired) electrons. The van der Waals surface area contributed by atoms with Crippen LogP contribution in [0.2, 0.25) is 0 Å². The summed E-state index contributed by atoms with van der Waals surface area (Å²) in [4.78, 5) is 2.41. The maximum atomic E-state index is 5.50. The number of hydrogen-bond acceptors (Lipinski definition) is 2. The normalized spacial score (nSPS) is 10.7. The Hall–Kier alpha value is 0.400. The second-order valence-corrected chi connectivity index (χ2v) is 5.63. The van der Waals surface area contributed by atoms with Gasteiger partial charge in [0.25, 0.3) is 0 Å². The second kappa shape index (κ2) is 18.4. The lowest BCUT2D eigenvalue weighted by molar-refractivity contribution is 0.321. The van der Waals surface area contributed by atoms with Gasteiger partial charge in [0, 0.05) is 0 Å². The van der Waals surface area contributed by atoms with E-state index in [1.807, 2.05) is 0 Å². The lowest BCUT2D eigenvalue weighted by Crippen LogP contribution is -2.22. The Kier molecular flexibility index (Phi) is 21.0. The van der Waals surface area contributed by atoms with Gasteiger partial charge in [-0.1, -0.05) is 64.7 Å². The number of nitrogens with zero attached hydrogens (tertiary/aromatic N) is 1. The summed E-state index contributed by atoms with van der Waals surface area (Å²) in [5, 5.41) is 0. The van der Waals surface area contributed by atoms with E-state index in [0.717, 1.165) is 19.5 Å². The number of hydrogen-bond donors (Lipinski definition) is 1. The van der Waals surface area contributed by atoms with Crippen LogP contribution in [-0.2, 0) is 0 Å². The summed E-state index contributed by atoms with van der Waals surface area (Å²) in [6.07, 6.45) is 15.4. The van der Waals surface area contributed by atoms with Crippen LogP contribution in [0.3, 0.4) is 0 Å². The van der Waals surface area contributed by atoms with Crippen LogP contribution < -0.4 is 5.73 Å². The molecule has 0 aromatic rings. The molecular formula is C16H37BrN2. The van der Waals surface area contributed by atoms with Gasteiger partial charge in [-0.25, -0.2) is 0 Å². The van der Waals surface area contributed by atoms with Crippen molar-refractivity contribution in [2.75, 3.05) is 26.7 Å². The van der Waals surface area contributed by atoms with E-state index in [4.69, 9.17) is 5.73 Å². The molecule has 3 heteroatoms. The zero-order valence-corrected chi connectivity index (χ0v) is 15.0. The van der Waals surface area contributed by atoms with Crippen molar-refractivity contribution < 1.29 is 0 Å². The van der Waals surface area contributed by atoms with Crippen molar-refractivity contribution in [3.05, 3.63) is 0 Å². The summed E-state index contributed by atoms with van der Waals surface area (Å²) >= 11 is 0. The van der Waals surface area contributed by atoms with Crippen LogP contribution in [0, 0.1) is 0 Å². The van der Waals surface area contributed by atoms with Gasteiger partial charge in [-0.2, -0.15) is 0 Å². The van der Waals surface area contributed by atoms with Crippen molar-refractivity contribution in [3.8, 4) is 0 Å². The molecule has 0 heterocycles. The smallest absolute Gasteiger partial charge is 0.000977 e. The topological polar surface area (TPSA) is 29.3 Å². The van der Waals surface area contributed by atoms with Gasteiger partial charge < -0.3 is 10.6 Å². The van der Waals surface area contributed by atoms with Gasteiger partial charge in [0.1, 0.15) is 0 Å². The Morgan fingerprint density at radius 2 is 1.11 bits per heavy atom. The standard InChI is InChI=1S/C16H36N2.BrH/c1-3-4-5-6-7-8-9-10-11-12-15-18(2)16-13-14-17;/h3-17H2,1-2H3;1H. The first kappa shape index (κ1) is 21.7. The minimum atomic E-state index is 0. The van der Waals surface area contributed by atoms with Gasteiger partial charge in [-0.15, -0.1) is 17.0 Å². The van der Waals surface area contributed by atoms with Crippen LogP contribution in [-0.4, -0.2) is 31.6 Å². The summed E-state index contributed by atoms with van der Waals surface area (Å²) < 4.78 is 0. The third kappa shape index (κ3) is 18.4. The first-order valence-electron chi connectivity index (χ1n) is 8.20. The third-order valence-electron chi connectivity index (χ3n) is 3.64. The van der Waals surface area contributed by atoms with Gasteiger partial charge in [-0.3, -0.25) is 0 Å². The molecule has 0 amide bonds. The number of unbranched alkanes of at least 4 members (excludes halogenated alkanes) is 9. The van der Waals surface area contributed by atoms with Crippen molar-refractivity contribution in [2.45, 2.75) is 77.6 Å².